The second-order valence-electron chi connectivity index (χ2n) is 4.33. The first-order valence-electron chi connectivity index (χ1n) is 5.00. The molecule has 0 aliphatic carbocycles. The van der Waals surface area contributed by atoms with Crippen molar-refractivity contribution in [2.24, 2.45) is 11.1 Å². The van der Waals surface area contributed by atoms with E-state index in [4.69, 9.17) is 10.5 Å². The molecule has 0 saturated carbocycles. The molecule has 4 nitrogen and oxygen atoms in total. The highest BCUT2D eigenvalue weighted by atomic mass is 16.5. The SMILES string of the molecule is CCOCCNC(=O)[C@@H](N)C(C)(C)C. The lowest BCUT2D eigenvalue weighted by Crippen LogP contribution is -2.49. The van der Waals surface area contributed by atoms with Gasteiger partial charge in [0, 0.05) is 13.2 Å². The summed E-state index contributed by atoms with van der Waals surface area (Å²) in [6.45, 7) is 9.48. The molecule has 0 heterocycles. The summed E-state index contributed by atoms with van der Waals surface area (Å²) in [6, 6.07) is -0.468. The summed E-state index contributed by atoms with van der Waals surface area (Å²) in [5, 5.41) is 2.73. The van der Waals surface area contributed by atoms with Crippen molar-refractivity contribution in [3.05, 3.63) is 0 Å². The topological polar surface area (TPSA) is 64.3 Å². The zero-order chi connectivity index (χ0) is 11.2. The lowest BCUT2D eigenvalue weighted by molar-refractivity contribution is -0.124. The van der Waals surface area contributed by atoms with Crippen molar-refractivity contribution in [2.75, 3.05) is 19.8 Å². The van der Waals surface area contributed by atoms with E-state index in [-0.39, 0.29) is 11.3 Å². The van der Waals surface area contributed by atoms with Crippen molar-refractivity contribution in [3.63, 3.8) is 0 Å². The molecule has 1 atom stereocenters. The van der Waals surface area contributed by atoms with Crippen LogP contribution in [0.4, 0.5) is 0 Å². The Morgan fingerprint density at radius 2 is 2.07 bits per heavy atom. The van der Waals surface area contributed by atoms with Crippen LogP contribution in [0.15, 0.2) is 0 Å². The number of carbonyl (C=O) groups is 1. The summed E-state index contributed by atoms with van der Waals surface area (Å²) in [7, 11) is 0. The minimum Gasteiger partial charge on any atom is -0.380 e. The molecule has 0 aromatic heterocycles. The first-order chi connectivity index (χ1) is 6.39. The average Bonchev–Trinajstić information content (AvgIpc) is 2.09. The number of carbonyl (C=O) groups excluding carboxylic acids is 1. The van der Waals surface area contributed by atoms with E-state index in [2.05, 4.69) is 5.32 Å². The van der Waals surface area contributed by atoms with Crippen LogP contribution in [-0.4, -0.2) is 31.7 Å². The van der Waals surface area contributed by atoms with E-state index in [0.717, 1.165) is 0 Å². The Balaban J connectivity index is 3.74. The molecule has 3 N–H and O–H groups in total. The molecule has 0 unspecified atom stereocenters. The monoisotopic (exact) mass is 202 g/mol. The summed E-state index contributed by atoms with van der Waals surface area (Å²) in [5.41, 5.74) is 5.56. The molecule has 0 rings (SSSR count). The van der Waals surface area contributed by atoms with E-state index < -0.39 is 6.04 Å². The molecule has 1 amide bonds. The van der Waals surface area contributed by atoms with E-state index >= 15 is 0 Å². The van der Waals surface area contributed by atoms with Crippen LogP contribution in [0.25, 0.3) is 0 Å². The van der Waals surface area contributed by atoms with Crippen molar-refractivity contribution in [1.29, 1.82) is 0 Å². The Bertz CT molecular complexity index is 175. The normalized spacial score (nSPS) is 13.8. The van der Waals surface area contributed by atoms with E-state index in [1.807, 2.05) is 27.7 Å². The van der Waals surface area contributed by atoms with Crippen LogP contribution >= 0.6 is 0 Å². The highest BCUT2D eigenvalue weighted by Gasteiger charge is 2.26. The summed E-state index contributed by atoms with van der Waals surface area (Å²) < 4.78 is 5.09. The Labute approximate surface area is 86.2 Å². The second-order valence-corrected chi connectivity index (χ2v) is 4.33. The minimum atomic E-state index is -0.468. The van der Waals surface area contributed by atoms with Gasteiger partial charge in [0.05, 0.1) is 12.6 Å². The van der Waals surface area contributed by atoms with Gasteiger partial charge in [0.15, 0.2) is 0 Å². The standard InChI is InChI=1S/C10H22N2O2/c1-5-14-7-6-12-9(13)8(11)10(2,3)4/h8H,5-7,11H2,1-4H3,(H,12,13)/t8-/m1/s1. The predicted octanol–water partition coefficient (Wildman–Crippen LogP) is 0.513. The molecule has 0 bridgehead atoms. The van der Waals surface area contributed by atoms with Gasteiger partial charge in [-0.1, -0.05) is 20.8 Å². The van der Waals surface area contributed by atoms with Crippen molar-refractivity contribution in [1.82, 2.24) is 5.32 Å². The van der Waals surface area contributed by atoms with Crippen LogP contribution < -0.4 is 11.1 Å². The van der Waals surface area contributed by atoms with Crippen LogP contribution in [0.3, 0.4) is 0 Å². The smallest absolute Gasteiger partial charge is 0.237 e. The van der Waals surface area contributed by atoms with Crippen molar-refractivity contribution >= 4 is 5.91 Å². The first-order valence-corrected chi connectivity index (χ1v) is 5.00. The Morgan fingerprint density at radius 1 is 1.50 bits per heavy atom. The van der Waals surface area contributed by atoms with Gasteiger partial charge in [-0.05, 0) is 12.3 Å². The summed E-state index contributed by atoms with van der Waals surface area (Å²) in [5.74, 6) is -0.114. The maximum Gasteiger partial charge on any atom is 0.237 e. The Morgan fingerprint density at radius 3 is 2.50 bits per heavy atom. The maximum atomic E-state index is 11.5. The average molecular weight is 202 g/mol. The number of nitrogens with one attached hydrogen (secondary N) is 1. The zero-order valence-electron chi connectivity index (χ0n) is 9.59. The molecule has 0 fully saturated rings. The molecular formula is C10H22N2O2. The number of nitrogens with two attached hydrogens (primary N) is 1. The predicted molar refractivity (Wildman–Crippen MR) is 56.9 cm³/mol. The van der Waals surface area contributed by atoms with Crippen LogP contribution in [-0.2, 0) is 9.53 Å². The van der Waals surface area contributed by atoms with Gasteiger partial charge in [0.25, 0.3) is 0 Å². The number of ether oxygens (including phenoxy) is 1. The highest BCUT2D eigenvalue weighted by molar-refractivity contribution is 5.82. The Hall–Kier alpha value is -0.610. The van der Waals surface area contributed by atoms with Crippen LogP contribution in [0.1, 0.15) is 27.7 Å². The van der Waals surface area contributed by atoms with Crippen LogP contribution in [0.2, 0.25) is 0 Å². The fourth-order valence-electron chi connectivity index (χ4n) is 0.894. The largest absolute Gasteiger partial charge is 0.380 e. The molecule has 0 saturated heterocycles. The molecule has 0 aliphatic rings. The fourth-order valence-corrected chi connectivity index (χ4v) is 0.894. The lowest BCUT2D eigenvalue weighted by Gasteiger charge is -2.25. The number of rotatable bonds is 5. The van der Waals surface area contributed by atoms with E-state index in [0.29, 0.717) is 19.8 Å². The van der Waals surface area contributed by atoms with Crippen molar-refractivity contribution in [2.45, 2.75) is 33.7 Å². The van der Waals surface area contributed by atoms with Crippen LogP contribution in [0, 0.1) is 5.41 Å². The van der Waals surface area contributed by atoms with Gasteiger partial charge in [-0.2, -0.15) is 0 Å². The molecule has 84 valence electrons. The highest BCUT2D eigenvalue weighted by Crippen LogP contribution is 2.16. The van der Waals surface area contributed by atoms with E-state index in [9.17, 15) is 4.79 Å². The third kappa shape index (κ3) is 5.19. The second kappa shape index (κ2) is 5.98. The number of hydrogen-bond donors (Lipinski definition) is 2. The summed E-state index contributed by atoms with van der Waals surface area (Å²) in [4.78, 5) is 11.5. The maximum absolute atomic E-state index is 11.5. The van der Waals surface area contributed by atoms with E-state index in [1.165, 1.54) is 0 Å². The quantitative estimate of drug-likeness (QED) is 0.639. The van der Waals surface area contributed by atoms with Gasteiger partial charge < -0.3 is 15.8 Å². The minimum absolute atomic E-state index is 0.114. The van der Waals surface area contributed by atoms with Crippen molar-refractivity contribution in [3.8, 4) is 0 Å². The molecule has 14 heavy (non-hydrogen) atoms. The number of amides is 1. The molecule has 4 heteroatoms. The van der Waals surface area contributed by atoms with Crippen LogP contribution in [0.5, 0.6) is 0 Å². The fraction of sp³-hybridized carbons (Fsp3) is 0.900. The van der Waals surface area contributed by atoms with Gasteiger partial charge in [-0.25, -0.2) is 0 Å². The van der Waals surface area contributed by atoms with Gasteiger partial charge in [0.2, 0.25) is 5.91 Å². The molecule has 0 aromatic rings. The molecule has 0 aliphatic heterocycles. The summed E-state index contributed by atoms with van der Waals surface area (Å²) in [6.07, 6.45) is 0. The zero-order valence-corrected chi connectivity index (χ0v) is 9.59. The van der Waals surface area contributed by atoms with Crippen molar-refractivity contribution < 1.29 is 9.53 Å². The third-order valence-electron chi connectivity index (χ3n) is 1.97. The Kier molecular flexibility index (Phi) is 5.72. The van der Waals surface area contributed by atoms with Gasteiger partial charge >= 0.3 is 0 Å². The summed E-state index contributed by atoms with van der Waals surface area (Å²) >= 11 is 0. The van der Waals surface area contributed by atoms with Gasteiger partial charge in [0.1, 0.15) is 0 Å². The third-order valence-corrected chi connectivity index (χ3v) is 1.97. The molecule has 0 aromatic carbocycles. The first kappa shape index (κ1) is 13.4. The molecule has 0 spiro atoms. The van der Waals surface area contributed by atoms with E-state index in [1.54, 1.807) is 0 Å². The van der Waals surface area contributed by atoms with Gasteiger partial charge in [-0.3, -0.25) is 4.79 Å². The molecular weight excluding hydrogens is 180 g/mol. The number of hydrogen-bond acceptors (Lipinski definition) is 3. The molecule has 0 radical (unpaired) electrons. The lowest BCUT2D eigenvalue weighted by atomic mass is 9.87. The van der Waals surface area contributed by atoms with Gasteiger partial charge in [-0.15, -0.1) is 0 Å².